The number of para-hydroxylation sites is 1. The number of rotatable bonds is 3. The molecular formula is C20H24N4O. The summed E-state index contributed by atoms with van der Waals surface area (Å²) >= 11 is 0. The first-order valence-electron chi connectivity index (χ1n) is 9.26. The Balaban J connectivity index is 1.60. The fourth-order valence-electron chi connectivity index (χ4n) is 4.04. The van der Waals surface area contributed by atoms with E-state index < -0.39 is 0 Å². The van der Waals surface area contributed by atoms with Crippen molar-refractivity contribution in [1.29, 1.82) is 0 Å². The van der Waals surface area contributed by atoms with Crippen molar-refractivity contribution in [2.75, 3.05) is 22.9 Å². The third kappa shape index (κ3) is 2.99. The molecule has 0 spiro atoms. The lowest BCUT2D eigenvalue weighted by Crippen LogP contribution is -2.40. The van der Waals surface area contributed by atoms with Gasteiger partial charge in [0.05, 0.1) is 0 Å². The molecule has 1 aromatic carbocycles. The highest BCUT2D eigenvalue weighted by molar-refractivity contribution is 6.06. The zero-order valence-electron chi connectivity index (χ0n) is 14.7. The summed E-state index contributed by atoms with van der Waals surface area (Å²) in [5.41, 5.74) is 2.73. The maximum Gasteiger partial charge on any atom is 0.277 e. The zero-order valence-corrected chi connectivity index (χ0v) is 14.7. The summed E-state index contributed by atoms with van der Waals surface area (Å²) in [6, 6.07) is 10.5. The Morgan fingerprint density at radius 1 is 1.20 bits per heavy atom. The Labute approximate surface area is 148 Å². The monoisotopic (exact) mass is 336 g/mol. The van der Waals surface area contributed by atoms with Crippen molar-refractivity contribution in [3.63, 3.8) is 0 Å². The molecule has 0 saturated carbocycles. The van der Waals surface area contributed by atoms with Gasteiger partial charge in [0, 0.05) is 30.9 Å². The number of nitrogens with zero attached hydrogens (tertiary/aromatic N) is 4. The van der Waals surface area contributed by atoms with Gasteiger partial charge in [-0.3, -0.25) is 4.79 Å². The smallest absolute Gasteiger partial charge is 0.277 e. The van der Waals surface area contributed by atoms with E-state index in [1.165, 1.54) is 31.2 Å². The lowest BCUT2D eigenvalue weighted by Gasteiger charge is -2.36. The molecule has 2 aliphatic rings. The molecule has 1 amide bonds. The minimum atomic E-state index is -0.0290. The van der Waals surface area contributed by atoms with Gasteiger partial charge in [-0.25, -0.2) is 9.97 Å². The SMILES string of the molecule is CCC1CCCCN1c1cc(C(=O)N2CCc3ccccc32)ncn1. The van der Waals surface area contributed by atoms with Crippen molar-refractivity contribution >= 4 is 17.4 Å². The number of piperidine rings is 1. The highest BCUT2D eigenvalue weighted by Gasteiger charge is 2.28. The van der Waals surface area contributed by atoms with E-state index in [4.69, 9.17) is 0 Å². The van der Waals surface area contributed by atoms with Crippen LogP contribution in [0.15, 0.2) is 36.7 Å². The van der Waals surface area contributed by atoms with Gasteiger partial charge in [-0.2, -0.15) is 0 Å². The van der Waals surface area contributed by atoms with Crippen LogP contribution in [-0.2, 0) is 6.42 Å². The Bertz CT molecular complexity index is 776. The molecule has 2 aliphatic heterocycles. The second-order valence-corrected chi connectivity index (χ2v) is 6.85. The summed E-state index contributed by atoms with van der Waals surface area (Å²) in [5, 5.41) is 0. The standard InChI is InChI=1S/C20H24N4O/c1-2-16-8-5-6-11-23(16)19-13-17(21-14-22-19)20(25)24-12-10-15-7-3-4-9-18(15)24/h3-4,7,9,13-14,16H,2,5-6,8,10-12H2,1H3. The van der Waals surface area contributed by atoms with Gasteiger partial charge in [0.15, 0.2) is 0 Å². The average molecular weight is 336 g/mol. The average Bonchev–Trinajstić information content (AvgIpc) is 3.11. The topological polar surface area (TPSA) is 49.3 Å². The normalized spacial score (nSPS) is 19.8. The molecule has 5 nitrogen and oxygen atoms in total. The van der Waals surface area contributed by atoms with E-state index in [9.17, 15) is 4.79 Å². The van der Waals surface area contributed by atoms with E-state index in [-0.39, 0.29) is 5.91 Å². The van der Waals surface area contributed by atoms with Crippen molar-refractivity contribution in [3.05, 3.63) is 47.9 Å². The van der Waals surface area contributed by atoms with Crippen LogP contribution in [-0.4, -0.2) is 35.0 Å². The molecule has 130 valence electrons. The summed E-state index contributed by atoms with van der Waals surface area (Å²) in [5.74, 6) is 0.857. The van der Waals surface area contributed by atoms with Crippen LogP contribution < -0.4 is 9.80 Å². The van der Waals surface area contributed by atoms with Gasteiger partial charge in [0.2, 0.25) is 0 Å². The molecule has 4 rings (SSSR count). The van der Waals surface area contributed by atoms with E-state index in [1.54, 1.807) is 0 Å². The fourth-order valence-corrected chi connectivity index (χ4v) is 4.04. The number of aromatic nitrogens is 2. The minimum absolute atomic E-state index is 0.0290. The fraction of sp³-hybridized carbons (Fsp3) is 0.450. The van der Waals surface area contributed by atoms with E-state index in [1.807, 2.05) is 29.2 Å². The third-order valence-corrected chi connectivity index (χ3v) is 5.40. The van der Waals surface area contributed by atoms with Crippen LogP contribution in [0.25, 0.3) is 0 Å². The van der Waals surface area contributed by atoms with Gasteiger partial charge in [0.1, 0.15) is 17.8 Å². The number of benzene rings is 1. The summed E-state index contributed by atoms with van der Waals surface area (Å²) in [4.78, 5) is 25.9. The largest absolute Gasteiger partial charge is 0.354 e. The predicted molar refractivity (Wildman–Crippen MR) is 99.1 cm³/mol. The molecule has 25 heavy (non-hydrogen) atoms. The first-order valence-corrected chi connectivity index (χ1v) is 9.26. The minimum Gasteiger partial charge on any atom is -0.354 e. The first kappa shape index (κ1) is 16.1. The number of fused-ring (bicyclic) bond motifs is 1. The summed E-state index contributed by atoms with van der Waals surface area (Å²) in [6.45, 7) is 3.95. The molecule has 0 bridgehead atoms. The number of hydrogen-bond acceptors (Lipinski definition) is 4. The van der Waals surface area contributed by atoms with E-state index in [0.29, 0.717) is 11.7 Å². The molecule has 5 heteroatoms. The second kappa shape index (κ2) is 6.82. The summed E-state index contributed by atoms with van der Waals surface area (Å²) < 4.78 is 0. The quantitative estimate of drug-likeness (QED) is 0.861. The van der Waals surface area contributed by atoms with Crippen LogP contribution >= 0.6 is 0 Å². The number of carbonyl (C=O) groups is 1. The highest BCUT2D eigenvalue weighted by atomic mass is 16.2. The number of carbonyl (C=O) groups excluding carboxylic acids is 1. The van der Waals surface area contributed by atoms with Gasteiger partial charge in [-0.1, -0.05) is 25.1 Å². The second-order valence-electron chi connectivity index (χ2n) is 6.85. The molecule has 2 aromatic rings. The zero-order chi connectivity index (χ0) is 17.2. The van der Waals surface area contributed by atoms with Gasteiger partial charge < -0.3 is 9.80 Å². The van der Waals surface area contributed by atoms with Crippen molar-refractivity contribution < 1.29 is 4.79 Å². The molecule has 0 radical (unpaired) electrons. The molecular weight excluding hydrogens is 312 g/mol. The van der Waals surface area contributed by atoms with Crippen LogP contribution in [0, 0.1) is 0 Å². The Hall–Kier alpha value is -2.43. The van der Waals surface area contributed by atoms with Crippen LogP contribution in [0.1, 0.15) is 48.7 Å². The van der Waals surface area contributed by atoms with Gasteiger partial charge in [0.25, 0.3) is 5.91 Å². The van der Waals surface area contributed by atoms with Gasteiger partial charge >= 0.3 is 0 Å². The number of anilines is 2. The van der Waals surface area contributed by atoms with Crippen molar-refractivity contribution in [2.45, 2.75) is 45.1 Å². The van der Waals surface area contributed by atoms with Crippen LogP contribution in [0.2, 0.25) is 0 Å². The van der Waals surface area contributed by atoms with Gasteiger partial charge in [-0.05, 0) is 43.7 Å². The molecule has 3 heterocycles. The third-order valence-electron chi connectivity index (χ3n) is 5.40. The number of amides is 1. The molecule has 1 aromatic heterocycles. The lowest BCUT2D eigenvalue weighted by atomic mass is 10.00. The molecule has 0 N–H and O–H groups in total. The van der Waals surface area contributed by atoms with Crippen molar-refractivity contribution in [1.82, 2.24) is 9.97 Å². The van der Waals surface area contributed by atoms with E-state index >= 15 is 0 Å². The molecule has 0 aliphatic carbocycles. The number of hydrogen-bond donors (Lipinski definition) is 0. The Morgan fingerprint density at radius 2 is 2.08 bits per heavy atom. The van der Waals surface area contributed by atoms with Crippen LogP contribution in [0.4, 0.5) is 11.5 Å². The van der Waals surface area contributed by atoms with Crippen molar-refractivity contribution in [2.24, 2.45) is 0 Å². The molecule has 1 saturated heterocycles. The van der Waals surface area contributed by atoms with Crippen LogP contribution in [0.3, 0.4) is 0 Å². The van der Waals surface area contributed by atoms with Gasteiger partial charge in [-0.15, -0.1) is 0 Å². The Kier molecular flexibility index (Phi) is 4.38. The molecule has 1 atom stereocenters. The first-order chi connectivity index (χ1) is 12.3. The van der Waals surface area contributed by atoms with Crippen molar-refractivity contribution in [3.8, 4) is 0 Å². The lowest BCUT2D eigenvalue weighted by molar-refractivity contribution is 0.0984. The van der Waals surface area contributed by atoms with E-state index in [2.05, 4.69) is 27.9 Å². The molecule has 1 fully saturated rings. The summed E-state index contributed by atoms with van der Waals surface area (Å²) in [6.07, 6.45) is 7.20. The maximum absolute atomic E-state index is 13.0. The van der Waals surface area contributed by atoms with E-state index in [0.717, 1.165) is 37.4 Å². The van der Waals surface area contributed by atoms with Crippen LogP contribution in [0.5, 0.6) is 0 Å². The Morgan fingerprint density at radius 3 is 2.96 bits per heavy atom. The maximum atomic E-state index is 13.0. The predicted octanol–water partition coefficient (Wildman–Crippen LogP) is 3.45. The summed E-state index contributed by atoms with van der Waals surface area (Å²) in [7, 11) is 0. The molecule has 1 unspecified atom stereocenters. The highest BCUT2D eigenvalue weighted by Crippen LogP contribution is 2.29.